The Hall–Kier alpha value is -3.00. The van der Waals surface area contributed by atoms with Crippen LogP contribution in [0.3, 0.4) is 0 Å². The molecule has 0 saturated heterocycles. The molecule has 2 aliphatic rings. The molecule has 0 amide bonds. The number of anilines is 1. The first-order valence-electron chi connectivity index (χ1n) is 9.20. The molecule has 2 unspecified atom stereocenters. The van der Waals surface area contributed by atoms with Crippen LogP contribution in [0.5, 0.6) is 5.75 Å². The smallest absolute Gasteiger partial charge is 0.175 e. The van der Waals surface area contributed by atoms with Gasteiger partial charge >= 0.3 is 0 Å². The Morgan fingerprint density at radius 1 is 1.00 bits per heavy atom. The summed E-state index contributed by atoms with van der Waals surface area (Å²) in [5, 5.41) is 20.8. The van der Waals surface area contributed by atoms with Crippen molar-refractivity contribution in [3.05, 3.63) is 60.7 Å². The molecular formula is C21H25N5O2. The van der Waals surface area contributed by atoms with Crippen molar-refractivity contribution in [3.63, 3.8) is 0 Å². The number of ether oxygens (including phenoxy) is 1. The molecule has 0 fully saturated rings. The fourth-order valence-electron chi connectivity index (χ4n) is 2.63. The summed E-state index contributed by atoms with van der Waals surface area (Å²) in [5.41, 5.74) is 6.87. The van der Waals surface area contributed by atoms with Crippen LogP contribution in [0.25, 0.3) is 22.4 Å². The van der Waals surface area contributed by atoms with Gasteiger partial charge in [0, 0.05) is 5.56 Å². The Bertz CT molecular complexity index is 882. The summed E-state index contributed by atoms with van der Waals surface area (Å²) >= 11 is 0. The third-order valence-corrected chi connectivity index (χ3v) is 4.16. The Balaban J connectivity index is 0.000000311. The number of aliphatic hydroxyl groups is 1. The number of hydrogen-bond acceptors (Lipinski definition) is 7. The largest absolute Gasteiger partial charge is 0.473 e. The van der Waals surface area contributed by atoms with Crippen molar-refractivity contribution in [2.75, 3.05) is 12.0 Å². The van der Waals surface area contributed by atoms with E-state index in [0.717, 1.165) is 5.56 Å². The molecule has 0 aliphatic heterocycles. The molecule has 146 valence electrons. The molecule has 0 saturated carbocycles. The third-order valence-electron chi connectivity index (χ3n) is 4.16. The van der Waals surface area contributed by atoms with Gasteiger partial charge in [-0.25, -0.2) is 5.84 Å². The number of likely N-dealkylation sites (N-methyl/N-ethyl adjacent to an activating group) is 1. The highest BCUT2D eigenvalue weighted by Gasteiger charge is 2.15. The number of aliphatic hydroxyl groups excluding tert-OH is 1. The van der Waals surface area contributed by atoms with Crippen LogP contribution in [0.2, 0.25) is 0 Å². The van der Waals surface area contributed by atoms with E-state index in [0.29, 0.717) is 23.8 Å². The van der Waals surface area contributed by atoms with Crippen LogP contribution in [0.15, 0.2) is 60.7 Å². The highest BCUT2D eigenvalue weighted by atomic mass is 16.5. The van der Waals surface area contributed by atoms with E-state index in [1.54, 1.807) is 13.0 Å². The average molecular weight is 379 g/mol. The summed E-state index contributed by atoms with van der Waals surface area (Å²) in [4.78, 5) is 0. The van der Waals surface area contributed by atoms with Crippen molar-refractivity contribution in [2.24, 2.45) is 5.84 Å². The van der Waals surface area contributed by atoms with Crippen molar-refractivity contribution in [1.29, 1.82) is 0 Å². The molecule has 1 heterocycles. The van der Waals surface area contributed by atoms with Crippen LogP contribution in [0.4, 0.5) is 5.82 Å². The predicted molar refractivity (Wildman–Crippen MR) is 110 cm³/mol. The van der Waals surface area contributed by atoms with Gasteiger partial charge in [-0.3, -0.25) is 5.32 Å². The van der Waals surface area contributed by atoms with E-state index in [-0.39, 0.29) is 0 Å². The van der Waals surface area contributed by atoms with E-state index in [9.17, 15) is 5.11 Å². The molecule has 28 heavy (non-hydrogen) atoms. The van der Waals surface area contributed by atoms with Gasteiger partial charge in [-0.05, 0) is 54.9 Å². The molecular weight excluding hydrogens is 354 g/mol. The summed E-state index contributed by atoms with van der Waals surface area (Å²) < 4.78 is 5.78. The lowest BCUT2D eigenvalue weighted by atomic mass is 10.1. The first-order chi connectivity index (χ1) is 13.6. The third kappa shape index (κ3) is 5.26. The minimum absolute atomic E-state index is 0.463. The zero-order chi connectivity index (χ0) is 19.9. The van der Waals surface area contributed by atoms with Crippen molar-refractivity contribution >= 4 is 5.82 Å². The summed E-state index contributed by atoms with van der Waals surface area (Å²) in [6.07, 6.45) is -1.09. The van der Waals surface area contributed by atoms with E-state index in [1.807, 2.05) is 37.3 Å². The highest BCUT2D eigenvalue weighted by Crippen LogP contribution is 2.32. The number of nitrogens with two attached hydrogens (primary N) is 1. The van der Waals surface area contributed by atoms with Gasteiger partial charge in [0.05, 0.1) is 5.69 Å². The number of aromatic nitrogens is 2. The molecule has 0 spiro atoms. The molecule has 1 aromatic carbocycles. The molecule has 2 aliphatic carbocycles. The first kappa shape index (κ1) is 19.8. The van der Waals surface area contributed by atoms with Crippen LogP contribution < -0.4 is 21.3 Å². The zero-order valence-corrected chi connectivity index (χ0v) is 16.0. The second-order valence-corrected chi connectivity index (χ2v) is 6.39. The SMILES string of the molecule is CCNC(Oc1cccc(-c2ccc(NN)nn2)c1)C(C)O.c1cc2cc-2c1. The maximum absolute atomic E-state index is 9.72. The van der Waals surface area contributed by atoms with Crippen molar-refractivity contribution in [1.82, 2.24) is 15.5 Å². The standard InChI is InChI=1S/C15H21N5O2.C6H4/c1-3-17-15(10(2)21)22-12-6-4-5-11(9-12)13-7-8-14(18-16)20-19-13;1-2-5-4-6(5)3-1/h4-10,15,17,21H,3,16H2,1-2H3,(H,18,20);1-4H. The van der Waals surface area contributed by atoms with Gasteiger partial charge in [-0.1, -0.05) is 37.3 Å². The Labute approximate surface area is 164 Å². The molecule has 1 aromatic heterocycles. The van der Waals surface area contributed by atoms with Crippen molar-refractivity contribution < 1.29 is 9.84 Å². The van der Waals surface area contributed by atoms with E-state index in [2.05, 4.69) is 45.2 Å². The number of nitrogens with one attached hydrogen (secondary N) is 2. The van der Waals surface area contributed by atoms with E-state index in [4.69, 9.17) is 10.6 Å². The Kier molecular flexibility index (Phi) is 6.54. The van der Waals surface area contributed by atoms with Gasteiger partial charge in [-0.15, -0.1) is 10.2 Å². The van der Waals surface area contributed by atoms with Crippen LogP contribution in [-0.2, 0) is 0 Å². The number of hydrazine groups is 1. The topological polar surface area (TPSA) is 105 Å². The number of rotatable bonds is 7. The monoisotopic (exact) mass is 379 g/mol. The molecule has 0 bridgehead atoms. The Morgan fingerprint density at radius 3 is 2.21 bits per heavy atom. The minimum atomic E-state index is -0.627. The van der Waals surface area contributed by atoms with Gasteiger partial charge < -0.3 is 15.3 Å². The number of fused-ring (bicyclic) bond motifs is 1. The summed E-state index contributed by atoms with van der Waals surface area (Å²) in [6.45, 7) is 4.34. The van der Waals surface area contributed by atoms with Crippen LogP contribution in [0.1, 0.15) is 13.8 Å². The van der Waals surface area contributed by atoms with Gasteiger partial charge in [0.25, 0.3) is 0 Å². The second-order valence-electron chi connectivity index (χ2n) is 6.39. The van der Waals surface area contributed by atoms with Crippen molar-refractivity contribution in [3.8, 4) is 28.1 Å². The molecule has 5 N–H and O–H groups in total. The average Bonchev–Trinajstić information content (AvgIpc) is 3.33. The molecule has 2 aromatic rings. The molecule has 7 heteroatoms. The van der Waals surface area contributed by atoms with Gasteiger partial charge in [0.15, 0.2) is 12.0 Å². The predicted octanol–water partition coefficient (Wildman–Crippen LogP) is 2.79. The maximum Gasteiger partial charge on any atom is 0.175 e. The van der Waals surface area contributed by atoms with Crippen molar-refractivity contribution in [2.45, 2.75) is 26.2 Å². The second kappa shape index (κ2) is 9.27. The summed E-state index contributed by atoms with van der Waals surface area (Å²) in [5.74, 6) is 6.41. The molecule has 2 atom stereocenters. The lowest BCUT2D eigenvalue weighted by Crippen LogP contribution is -2.42. The van der Waals surface area contributed by atoms with Gasteiger partial charge in [0.1, 0.15) is 11.9 Å². The van der Waals surface area contributed by atoms with Crippen LogP contribution in [-0.4, -0.2) is 34.2 Å². The Morgan fingerprint density at radius 2 is 1.71 bits per heavy atom. The fraction of sp³-hybridized carbons (Fsp3) is 0.238. The summed E-state index contributed by atoms with van der Waals surface area (Å²) in [7, 11) is 0. The molecule has 7 nitrogen and oxygen atoms in total. The fourth-order valence-corrected chi connectivity index (χ4v) is 2.63. The van der Waals surface area contributed by atoms with Crippen LogP contribution in [0, 0.1) is 0 Å². The van der Waals surface area contributed by atoms with Gasteiger partial charge in [-0.2, -0.15) is 0 Å². The zero-order valence-electron chi connectivity index (χ0n) is 16.0. The van der Waals surface area contributed by atoms with E-state index < -0.39 is 12.3 Å². The lowest BCUT2D eigenvalue weighted by Gasteiger charge is -2.22. The summed E-state index contributed by atoms with van der Waals surface area (Å²) in [6, 6.07) is 19.5. The van der Waals surface area contributed by atoms with E-state index >= 15 is 0 Å². The quantitative estimate of drug-likeness (QED) is 0.222. The minimum Gasteiger partial charge on any atom is -0.473 e. The van der Waals surface area contributed by atoms with E-state index in [1.165, 1.54) is 11.1 Å². The molecule has 0 radical (unpaired) electrons. The molecule has 4 rings (SSSR count). The normalized spacial score (nSPS) is 13.0. The first-order valence-corrected chi connectivity index (χ1v) is 9.20. The highest BCUT2D eigenvalue weighted by molar-refractivity contribution is 5.80. The van der Waals surface area contributed by atoms with Crippen LogP contribution >= 0.6 is 0 Å². The van der Waals surface area contributed by atoms with Gasteiger partial charge in [0.2, 0.25) is 0 Å². The number of benzene rings is 2. The number of nitrogen functional groups attached to an aromatic ring is 1. The maximum atomic E-state index is 9.72. The lowest BCUT2D eigenvalue weighted by molar-refractivity contribution is 0.0282. The number of nitrogens with zero attached hydrogens (tertiary/aromatic N) is 2. The number of hydrogen-bond donors (Lipinski definition) is 4.